The third kappa shape index (κ3) is 2.71. The molecular formula is C9H5F6NO2. The Morgan fingerprint density at radius 3 is 2.33 bits per heavy atom. The molecule has 0 amide bonds. The van der Waals surface area contributed by atoms with Gasteiger partial charge in [-0.2, -0.15) is 13.2 Å². The molecule has 18 heavy (non-hydrogen) atoms. The quantitative estimate of drug-likeness (QED) is 0.614. The first-order valence-corrected chi connectivity index (χ1v) is 4.32. The lowest BCUT2D eigenvalue weighted by Gasteiger charge is -2.13. The van der Waals surface area contributed by atoms with Gasteiger partial charge in [0.05, 0.1) is 7.11 Å². The minimum absolute atomic E-state index is 0.0978. The van der Waals surface area contributed by atoms with E-state index in [9.17, 15) is 31.1 Å². The van der Waals surface area contributed by atoms with Crippen LogP contribution >= 0.6 is 0 Å². The van der Waals surface area contributed by atoms with Gasteiger partial charge in [-0.25, -0.2) is 22.9 Å². The summed E-state index contributed by atoms with van der Waals surface area (Å²) in [6, 6.07) is 0.0978. The molecule has 0 radical (unpaired) electrons. The Labute approximate surface area is 96.4 Å². The third-order valence-electron chi connectivity index (χ3n) is 1.88. The molecule has 0 atom stereocenters. The van der Waals surface area contributed by atoms with Crippen molar-refractivity contribution in [3.63, 3.8) is 0 Å². The van der Waals surface area contributed by atoms with Gasteiger partial charge < -0.3 is 4.74 Å². The lowest BCUT2D eigenvalue weighted by atomic mass is 10.1. The van der Waals surface area contributed by atoms with Crippen molar-refractivity contribution in [2.45, 2.75) is 12.6 Å². The molecule has 9 heteroatoms. The minimum Gasteiger partial charge on any atom is -0.464 e. The molecule has 0 fully saturated rings. The number of carbonyl (C=O) groups excluding carboxylic acids is 1. The first-order chi connectivity index (χ1) is 8.18. The minimum atomic E-state index is -5.34. The molecule has 1 aromatic rings. The summed E-state index contributed by atoms with van der Waals surface area (Å²) in [7, 11) is 0.849. The number of esters is 1. The molecule has 0 spiro atoms. The Bertz CT molecular complexity index is 471. The lowest BCUT2D eigenvalue weighted by molar-refractivity contribution is -0.142. The second-order valence-corrected chi connectivity index (χ2v) is 3.04. The van der Waals surface area contributed by atoms with E-state index in [2.05, 4.69) is 9.72 Å². The number of alkyl halides is 5. The zero-order valence-electron chi connectivity index (χ0n) is 8.69. The van der Waals surface area contributed by atoms with Crippen LogP contribution in [0.5, 0.6) is 0 Å². The number of hydrogen-bond acceptors (Lipinski definition) is 3. The molecule has 0 saturated carbocycles. The van der Waals surface area contributed by atoms with Crippen molar-refractivity contribution in [2.75, 3.05) is 7.11 Å². The molecule has 1 rings (SSSR count). The monoisotopic (exact) mass is 273 g/mol. The number of halogens is 6. The normalized spacial score (nSPS) is 11.8. The molecule has 0 bridgehead atoms. The Balaban J connectivity index is 3.51. The molecule has 1 heterocycles. The average Bonchev–Trinajstić information content (AvgIpc) is 2.24. The highest BCUT2D eigenvalue weighted by atomic mass is 19.4. The van der Waals surface area contributed by atoms with Crippen molar-refractivity contribution in [1.82, 2.24) is 4.98 Å². The maximum Gasteiger partial charge on any atom is 0.421 e. The smallest absolute Gasteiger partial charge is 0.421 e. The molecule has 0 unspecified atom stereocenters. The van der Waals surface area contributed by atoms with Crippen LogP contribution < -0.4 is 0 Å². The lowest BCUT2D eigenvalue weighted by Crippen LogP contribution is -2.17. The van der Waals surface area contributed by atoms with Gasteiger partial charge in [0.1, 0.15) is 17.1 Å². The van der Waals surface area contributed by atoms with Crippen LogP contribution in [0.1, 0.15) is 28.2 Å². The van der Waals surface area contributed by atoms with Crippen LogP contribution in [-0.2, 0) is 10.9 Å². The van der Waals surface area contributed by atoms with Crippen LogP contribution in [0.2, 0.25) is 0 Å². The summed E-state index contributed by atoms with van der Waals surface area (Å²) in [6.45, 7) is 0. The Morgan fingerprint density at radius 1 is 1.39 bits per heavy atom. The highest BCUT2D eigenvalue weighted by Gasteiger charge is 2.41. The zero-order chi connectivity index (χ0) is 14.1. The maximum absolute atomic E-state index is 13.2. The Kier molecular flexibility index (Phi) is 3.82. The summed E-state index contributed by atoms with van der Waals surface area (Å²) in [6.07, 6.45) is -9.02. The van der Waals surface area contributed by atoms with Gasteiger partial charge in [-0.05, 0) is 0 Å². The molecule has 0 aliphatic heterocycles. The second kappa shape index (κ2) is 4.83. The third-order valence-corrected chi connectivity index (χ3v) is 1.88. The van der Waals surface area contributed by atoms with E-state index >= 15 is 0 Å². The van der Waals surface area contributed by atoms with Crippen LogP contribution in [0.25, 0.3) is 0 Å². The van der Waals surface area contributed by atoms with Crippen molar-refractivity contribution < 1.29 is 35.9 Å². The SMILES string of the molecule is COC(=O)c1cc(F)c(C(F)(F)F)c(C(F)F)n1. The van der Waals surface area contributed by atoms with Gasteiger partial charge in [-0.15, -0.1) is 0 Å². The fourth-order valence-electron chi connectivity index (χ4n) is 1.18. The Morgan fingerprint density at radius 2 is 1.94 bits per heavy atom. The van der Waals surface area contributed by atoms with Crippen LogP contribution in [0.3, 0.4) is 0 Å². The van der Waals surface area contributed by atoms with Crippen molar-refractivity contribution in [3.8, 4) is 0 Å². The van der Waals surface area contributed by atoms with Gasteiger partial charge in [0, 0.05) is 6.07 Å². The first kappa shape index (κ1) is 14.3. The number of pyridine rings is 1. The molecule has 0 saturated heterocycles. The van der Waals surface area contributed by atoms with E-state index in [0.29, 0.717) is 0 Å². The van der Waals surface area contributed by atoms with E-state index in [1.54, 1.807) is 0 Å². The number of ether oxygens (including phenoxy) is 1. The van der Waals surface area contributed by atoms with Crippen molar-refractivity contribution in [2.24, 2.45) is 0 Å². The van der Waals surface area contributed by atoms with Crippen molar-refractivity contribution in [3.05, 3.63) is 28.8 Å². The number of rotatable bonds is 2. The summed E-state index contributed by atoms with van der Waals surface area (Å²) in [5, 5.41) is 0. The topological polar surface area (TPSA) is 39.2 Å². The molecule has 0 aromatic carbocycles. The van der Waals surface area contributed by atoms with E-state index < -0.39 is 41.3 Å². The fraction of sp³-hybridized carbons (Fsp3) is 0.333. The van der Waals surface area contributed by atoms with Crippen LogP contribution in [-0.4, -0.2) is 18.1 Å². The second-order valence-electron chi connectivity index (χ2n) is 3.04. The van der Waals surface area contributed by atoms with E-state index in [1.807, 2.05) is 0 Å². The van der Waals surface area contributed by atoms with Gasteiger partial charge in [-0.3, -0.25) is 0 Å². The van der Waals surface area contributed by atoms with Crippen LogP contribution in [0.15, 0.2) is 6.07 Å². The largest absolute Gasteiger partial charge is 0.464 e. The van der Waals surface area contributed by atoms with E-state index in [0.717, 1.165) is 7.11 Å². The highest BCUT2D eigenvalue weighted by molar-refractivity contribution is 5.87. The molecule has 0 aliphatic rings. The van der Waals surface area contributed by atoms with Gasteiger partial charge in [0.25, 0.3) is 6.43 Å². The number of nitrogens with zero attached hydrogens (tertiary/aromatic N) is 1. The van der Waals surface area contributed by atoms with E-state index in [1.165, 1.54) is 0 Å². The standard InChI is InChI=1S/C9H5F6NO2/c1-18-8(17)4-2-3(10)5(9(13,14)15)6(16-4)7(11)12/h2,7H,1H3. The highest BCUT2D eigenvalue weighted by Crippen LogP contribution is 2.37. The first-order valence-electron chi connectivity index (χ1n) is 4.32. The molecule has 100 valence electrons. The summed E-state index contributed by atoms with van der Waals surface area (Å²) < 4.78 is 79.1. The van der Waals surface area contributed by atoms with Gasteiger partial charge in [-0.1, -0.05) is 0 Å². The Hall–Kier alpha value is -1.80. The molecular weight excluding hydrogens is 268 g/mol. The number of methoxy groups -OCH3 is 1. The van der Waals surface area contributed by atoms with Gasteiger partial charge in [0.2, 0.25) is 0 Å². The number of hydrogen-bond donors (Lipinski definition) is 0. The van der Waals surface area contributed by atoms with Gasteiger partial charge >= 0.3 is 12.1 Å². The predicted molar refractivity (Wildman–Crippen MR) is 45.5 cm³/mol. The maximum atomic E-state index is 13.2. The van der Waals surface area contributed by atoms with E-state index in [-0.39, 0.29) is 6.07 Å². The fourth-order valence-corrected chi connectivity index (χ4v) is 1.18. The molecule has 1 aromatic heterocycles. The van der Waals surface area contributed by atoms with Crippen LogP contribution in [0, 0.1) is 5.82 Å². The summed E-state index contributed by atoms with van der Waals surface area (Å²) in [5.41, 5.74) is -4.99. The molecule has 0 N–H and O–H groups in total. The van der Waals surface area contributed by atoms with Crippen molar-refractivity contribution >= 4 is 5.97 Å². The van der Waals surface area contributed by atoms with Crippen molar-refractivity contribution in [1.29, 1.82) is 0 Å². The summed E-state index contributed by atoms with van der Waals surface area (Å²) in [4.78, 5) is 13.7. The number of aromatic nitrogens is 1. The number of carbonyl (C=O) groups is 1. The van der Waals surface area contributed by atoms with E-state index in [4.69, 9.17) is 0 Å². The molecule has 0 aliphatic carbocycles. The van der Waals surface area contributed by atoms with Crippen LogP contribution in [0.4, 0.5) is 26.3 Å². The average molecular weight is 273 g/mol. The zero-order valence-corrected chi connectivity index (χ0v) is 8.69. The molecule has 3 nitrogen and oxygen atoms in total. The summed E-state index contributed by atoms with van der Waals surface area (Å²) in [5.74, 6) is -3.32. The summed E-state index contributed by atoms with van der Waals surface area (Å²) >= 11 is 0. The predicted octanol–water partition coefficient (Wildman–Crippen LogP) is 2.96. The van der Waals surface area contributed by atoms with Gasteiger partial charge in [0.15, 0.2) is 5.69 Å².